The minimum Gasteiger partial charge on any atom is -0.506 e. The van der Waals surface area contributed by atoms with Crippen LogP contribution in [0.5, 0.6) is 5.75 Å². The van der Waals surface area contributed by atoms with Gasteiger partial charge in [0.1, 0.15) is 17.7 Å². The maximum absolute atomic E-state index is 13.0. The van der Waals surface area contributed by atoms with Crippen molar-refractivity contribution in [1.82, 2.24) is 0 Å². The van der Waals surface area contributed by atoms with Gasteiger partial charge in [-0.1, -0.05) is 12.1 Å². The van der Waals surface area contributed by atoms with Crippen LogP contribution in [0, 0.1) is 11.3 Å². The van der Waals surface area contributed by atoms with Gasteiger partial charge in [-0.25, -0.2) is 0 Å². The quantitative estimate of drug-likeness (QED) is 0.841. The Morgan fingerprint density at radius 3 is 2.60 bits per heavy atom. The number of nitriles is 1. The number of para-hydroxylation sites is 1. The number of phenolic OH excluding ortho intramolecular Hbond substituents is 1. The van der Waals surface area contributed by atoms with Crippen molar-refractivity contribution in [3.63, 3.8) is 0 Å². The maximum atomic E-state index is 13.0. The lowest BCUT2D eigenvalue weighted by atomic mass is 10.0. The van der Waals surface area contributed by atoms with E-state index in [1.165, 1.54) is 12.1 Å². The average Bonchev–Trinajstić information content (AvgIpc) is 2.91. The topological polar surface area (TPSA) is 81.4 Å². The number of hydrogen-bond acceptors (Lipinski definition) is 4. The summed E-state index contributed by atoms with van der Waals surface area (Å²) in [5, 5.41) is 18.5. The number of carbonyl (C=O) groups is 1. The van der Waals surface area contributed by atoms with Crippen LogP contribution in [0.2, 0.25) is 0 Å². The Bertz CT molecular complexity index is 951. The van der Waals surface area contributed by atoms with Gasteiger partial charge in [0.25, 0.3) is 5.91 Å². The van der Waals surface area contributed by atoms with Crippen LogP contribution in [0.25, 0.3) is 0 Å². The van der Waals surface area contributed by atoms with E-state index < -0.39 is 45.3 Å². The van der Waals surface area contributed by atoms with E-state index >= 15 is 0 Å². The molecule has 0 aliphatic carbocycles. The van der Waals surface area contributed by atoms with Crippen LogP contribution in [0.4, 0.5) is 18.9 Å². The fourth-order valence-corrected chi connectivity index (χ4v) is 3.78. The lowest BCUT2D eigenvalue weighted by molar-refractivity contribution is -0.138. The SMILES string of the molecule is N#Cc1cc(C(=O)N2CS(=O)c3ccccc32)cc(C(F)(F)F)c1O. The summed E-state index contributed by atoms with van der Waals surface area (Å²) in [5.74, 6) is -2.25. The summed E-state index contributed by atoms with van der Waals surface area (Å²) in [6.07, 6.45) is -4.93. The molecule has 1 heterocycles. The standard InChI is InChI=1S/C16H9F3N2O3S/c17-16(18,19)11-6-9(5-10(7-20)14(11)22)15(23)21-8-25(24)13-4-2-1-3-12(13)21/h1-6,22H,8H2. The number of fused-ring (bicyclic) bond motifs is 1. The van der Waals surface area contributed by atoms with Crippen LogP contribution in [0.1, 0.15) is 21.5 Å². The monoisotopic (exact) mass is 366 g/mol. The number of carbonyl (C=O) groups excluding carboxylic acids is 1. The van der Waals surface area contributed by atoms with Crippen molar-refractivity contribution in [2.75, 3.05) is 10.8 Å². The van der Waals surface area contributed by atoms with E-state index in [4.69, 9.17) is 5.26 Å². The van der Waals surface area contributed by atoms with E-state index in [2.05, 4.69) is 0 Å². The number of aromatic hydroxyl groups is 1. The summed E-state index contributed by atoms with van der Waals surface area (Å²) in [6.45, 7) is 0. The Morgan fingerprint density at radius 2 is 1.96 bits per heavy atom. The lowest BCUT2D eigenvalue weighted by Gasteiger charge is -2.18. The third-order valence-electron chi connectivity index (χ3n) is 3.68. The average molecular weight is 366 g/mol. The van der Waals surface area contributed by atoms with Crippen molar-refractivity contribution >= 4 is 22.4 Å². The molecular formula is C16H9F3N2O3S. The third kappa shape index (κ3) is 2.85. The zero-order valence-electron chi connectivity index (χ0n) is 12.4. The first kappa shape index (κ1) is 17.0. The van der Waals surface area contributed by atoms with Crippen LogP contribution < -0.4 is 4.90 Å². The first-order valence-corrected chi connectivity index (χ1v) is 8.19. The van der Waals surface area contributed by atoms with Crippen LogP contribution in [-0.2, 0) is 17.0 Å². The highest BCUT2D eigenvalue weighted by molar-refractivity contribution is 7.85. The van der Waals surface area contributed by atoms with Gasteiger partial charge in [-0.2, -0.15) is 18.4 Å². The van der Waals surface area contributed by atoms with Crippen molar-refractivity contribution in [3.8, 4) is 11.8 Å². The van der Waals surface area contributed by atoms with Crippen LogP contribution >= 0.6 is 0 Å². The second-order valence-corrected chi connectivity index (χ2v) is 6.59. The summed E-state index contributed by atoms with van der Waals surface area (Å²) in [5.41, 5.74) is -2.21. The molecule has 2 aromatic carbocycles. The molecule has 1 aliphatic heterocycles. The van der Waals surface area contributed by atoms with Crippen LogP contribution in [0.3, 0.4) is 0 Å². The predicted octanol–water partition coefficient (Wildman–Crippen LogP) is 3.01. The highest BCUT2D eigenvalue weighted by Crippen LogP contribution is 2.39. The number of amides is 1. The molecular weight excluding hydrogens is 357 g/mol. The number of alkyl halides is 3. The maximum Gasteiger partial charge on any atom is 0.420 e. The van der Waals surface area contributed by atoms with Gasteiger partial charge in [0, 0.05) is 5.56 Å². The molecule has 1 atom stereocenters. The van der Waals surface area contributed by atoms with Gasteiger partial charge < -0.3 is 5.11 Å². The Kier molecular flexibility index (Phi) is 4.00. The smallest absolute Gasteiger partial charge is 0.420 e. The number of anilines is 1. The summed E-state index contributed by atoms with van der Waals surface area (Å²) in [6, 6.07) is 9.17. The molecule has 0 saturated heterocycles. The molecule has 0 bridgehead atoms. The molecule has 3 rings (SSSR count). The molecule has 0 spiro atoms. The molecule has 9 heteroatoms. The fraction of sp³-hybridized carbons (Fsp3) is 0.125. The molecule has 1 unspecified atom stereocenters. The Balaban J connectivity index is 2.11. The van der Waals surface area contributed by atoms with Gasteiger partial charge >= 0.3 is 6.18 Å². The zero-order valence-corrected chi connectivity index (χ0v) is 13.2. The van der Waals surface area contributed by atoms with Gasteiger partial charge in [0.2, 0.25) is 0 Å². The number of rotatable bonds is 1. The van der Waals surface area contributed by atoms with E-state index in [-0.39, 0.29) is 5.88 Å². The fourth-order valence-electron chi connectivity index (χ4n) is 2.51. The van der Waals surface area contributed by atoms with Crippen molar-refractivity contribution in [2.45, 2.75) is 11.1 Å². The third-order valence-corrected chi connectivity index (χ3v) is 5.00. The molecule has 128 valence electrons. The minimum atomic E-state index is -4.93. The molecule has 1 amide bonds. The first-order chi connectivity index (χ1) is 11.7. The molecule has 0 saturated carbocycles. The summed E-state index contributed by atoms with van der Waals surface area (Å²) >= 11 is 0. The number of hydrogen-bond donors (Lipinski definition) is 1. The van der Waals surface area contributed by atoms with Gasteiger partial charge in [-0.15, -0.1) is 0 Å². The highest BCUT2D eigenvalue weighted by Gasteiger charge is 2.37. The molecule has 1 N–H and O–H groups in total. The Hall–Kier alpha value is -2.86. The predicted molar refractivity (Wildman–Crippen MR) is 82.4 cm³/mol. The van der Waals surface area contributed by atoms with Gasteiger partial charge in [0.15, 0.2) is 0 Å². The van der Waals surface area contributed by atoms with Crippen molar-refractivity contribution < 1.29 is 27.3 Å². The van der Waals surface area contributed by atoms with Gasteiger partial charge in [-0.3, -0.25) is 13.9 Å². The van der Waals surface area contributed by atoms with E-state index in [0.29, 0.717) is 16.6 Å². The van der Waals surface area contributed by atoms with Crippen molar-refractivity contribution in [1.29, 1.82) is 5.26 Å². The number of nitrogens with zero attached hydrogens (tertiary/aromatic N) is 2. The molecule has 0 aromatic heterocycles. The summed E-state index contributed by atoms with van der Waals surface area (Å²) in [7, 11) is -1.49. The second-order valence-electron chi connectivity index (χ2n) is 5.21. The highest BCUT2D eigenvalue weighted by atomic mass is 32.2. The Labute approximate surface area is 142 Å². The van der Waals surface area contributed by atoms with E-state index in [1.807, 2.05) is 0 Å². The van der Waals surface area contributed by atoms with Crippen LogP contribution in [-0.4, -0.2) is 21.1 Å². The minimum absolute atomic E-state index is 0.192. The number of halogens is 3. The van der Waals surface area contributed by atoms with Crippen molar-refractivity contribution in [3.05, 3.63) is 53.1 Å². The lowest BCUT2D eigenvalue weighted by Crippen LogP contribution is -2.29. The van der Waals surface area contributed by atoms with E-state index in [0.717, 1.165) is 11.0 Å². The molecule has 25 heavy (non-hydrogen) atoms. The van der Waals surface area contributed by atoms with Crippen LogP contribution in [0.15, 0.2) is 41.3 Å². The normalized spacial score (nSPS) is 16.4. The first-order valence-electron chi connectivity index (χ1n) is 6.87. The molecule has 1 aliphatic rings. The van der Waals surface area contributed by atoms with Gasteiger partial charge in [0.05, 0.1) is 32.5 Å². The summed E-state index contributed by atoms with van der Waals surface area (Å²) < 4.78 is 51.2. The Morgan fingerprint density at radius 1 is 1.28 bits per heavy atom. The molecule has 5 nitrogen and oxygen atoms in total. The zero-order chi connectivity index (χ0) is 18.4. The van der Waals surface area contributed by atoms with Gasteiger partial charge in [-0.05, 0) is 24.3 Å². The number of phenols is 1. The molecule has 0 fully saturated rings. The largest absolute Gasteiger partial charge is 0.506 e. The number of benzene rings is 2. The van der Waals surface area contributed by atoms with E-state index in [9.17, 15) is 27.3 Å². The van der Waals surface area contributed by atoms with Crippen molar-refractivity contribution in [2.24, 2.45) is 0 Å². The summed E-state index contributed by atoms with van der Waals surface area (Å²) in [4.78, 5) is 14.2. The molecule has 2 aromatic rings. The second kappa shape index (κ2) is 5.89. The van der Waals surface area contributed by atoms with E-state index in [1.54, 1.807) is 18.2 Å². The molecule has 0 radical (unpaired) electrons.